The van der Waals surface area contributed by atoms with Crippen molar-refractivity contribution >= 4 is 11.8 Å². The summed E-state index contributed by atoms with van der Waals surface area (Å²) in [7, 11) is 0. The summed E-state index contributed by atoms with van der Waals surface area (Å²) in [5.74, 6) is -0.324. The third-order valence-electron chi connectivity index (χ3n) is 3.61. The monoisotopic (exact) mass is 269 g/mol. The molecule has 1 atom stereocenters. The number of amides is 2. The zero-order chi connectivity index (χ0) is 13.5. The minimum absolute atomic E-state index is 0.0369. The predicted molar refractivity (Wildman–Crippen MR) is 70.6 cm³/mol. The number of morpholine rings is 1. The molecule has 1 aliphatic carbocycles. The van der Waals surface area contributed by atoms with Crippen LogP contribution in [0, 0.1) is 0 Å². The van der Waals surface area contributed by atoms with E-state index in [-0.39, 0.29) is 24.4 Å². The normalized spacial score (nSPS) is 24.7. The Hall–Kier alpha value is -1.14. The van der Waals surface area contributed by atoms with Crippen LogP contribution in [0.4, 0.5) is 0 Å². The molecule has 0 radical (unpaired) electrons. The summed E-state index contributed by atoms with van der Waals surface area (Å²) in [6.45, 7) is 1.85. The molecule has 0 bridgehead atoms. The number of hydrogen-bond acceptors (Lipinski definition) is 4. The highest BCUT2D eigenvalue weighted by Gasteiger charge is 2.22. The van der Waals surface area contributed by atoms with Gasteiger partial charge in [0.1, 0.15) is 6.10 Å². The summed E-state index contributed by atoms with van der Waals surface area (Å²) in [6.07, 6.45) is 5.24. The van der Waals surface area contributed by atoms with Crippen LogP contribution in [0.25, 0.3) is 0 Å². The molecule has 108 valence electrons. The molecule has 1 aliphatic heterocycles. The molecular formula is C13H23N3O3. The Kier molecular flexibility index (Phi) is 5.60. The van der Waals surface area contributed by atoms with Crippen LogP contribution in [0.15, 0.2) is 0 Å². The molecule has 1 unspecified atom stereocenters. The Morgan fingerprint density at radius 1 is 1.21 bits per heavy atom. The molecule has 1 saturated heterocycles. The van der Waals surface area contributed by atoms with Crippen molar-refractivity contribution in [1.29, 1.82) is 0 Å². The van der Waals surface area contributed by atoms with E-state index in [9.17, 15) is 9.59 Å². The second-order valence-corrected chi connectivity index (χ2v) is 5.18. The van der Waals surface area contributed by atoms with Crippen LogP contribution in [0.5, 0.6) is 0 Å². The molecular weight excluding hydrogens is 246 g/mol. The van der Waals surface area contributed by atoms with Crippen LogP contribution >= 0.6 is 0 Å². The second kappa shape index (κ2) is 7.45. The number of ether oxygens (including phenoxy) is 1. The van der Waals surface area contributed by atoms with Crippen LogP contribution in [-0.4, -0.2) is 50.2 Å². The molecule has 19 heavy (non-hydrogen) atoms. The van der Waals surface area contributed by atoms with Crippen LogP contribution in [-0.2, 0) is 14.3 Å². The molecule has 0 aromatic heterocycles. The largest absolute Gasteiger partial charge is 0.366 e. The Balaban J connectivity index is 1.63. The topological polar surface area (TPSA) is 79.5 Å². The van der Waals surface area contributed by atoms with Gasteiger partial charge in [0.15, 0.2) is 0 Å². The first kappa shape index (κ1) is 14.3. The lowest BCUT2D eigenvalue weighted by molar-refractivity contribution is -0.136. The lowest BCUT2D eigenvalue weighted by Crippen LogP contribution is -2.50. The molecule has 0 aromatic rings. The van der Waals surface area contributed by atoms with E-state index >= 15 is 0 Å². The number of carbonyl (C=O) groups excluding carboxylic acids is 2. The molecule has 6 nitrogen and oxygen atoms in total. The summed E-state index contributed by atoms with van der Waals surface area (Å²) in [5.41, 5.74) is 0. The summed E-state index contributed by atoms with van der Waals surface area (Å²) in [5, 5.41) is 8.68. The quantitative estimate of drug-likeness (QED) is 0.645. The number of rotatable bonds is 4. The van der Waals surface area contributed by atoms with E-state index < -0.39 is 6.10 Å². The fraction of sp³-hybridized carbons (Fsp3) is 0.846. The van der Waals surface area contributed by atoms with Gasteiger partial charge in [-0.1, -0.05) is 19.3 Å². The van der Waals surface area contributed by atoms with Gasteiger partial charge >= 0.3 is 0 Å². The van der Waals surface area contributed by atoms with Crippen molar-refractivity contribution in [3.63, 3.8) is 0 Å². The number of hydrogen-bond donors (Lipinski definition) is 3. The van der Waals surface area contributed by atoms with Crippen LogP contribution in [0.1, 0.15) is 32.1 Å². The maximum atomic E-state index is 11.7. The van der Waals surface area contributed by atoms with Gasteiger partial charge in [0.05, 0.1) is 13.2 Å². The van der Waals surface area contributed by atoms with Gasteiger partial charge in [0.25, 0.3) is 5.91 Å². The third kappa shape index (κ3) is 4.80. The van der Waals surface area contributed by atoms with Gasteiger partial charge in [-0.2, -0.15) is 0 Å². The average molecular weight is 269 g/mol. The van der Waals surface area contributed by atoms with Crippen molar-refractivity contribution in [2.75, 3.05) is 26.2 Å². The van der Waals surface area contributed by atoms with E-state index in [1.54, 1.807) is 0 Å². The molecule has 2 amide bonds. The zero-order valence-electron chi connectivity index (χ0n) is 11.2. The minimum Gasteiger partial charge on any atom is -0.366 e. The third-order valence-corrected chi connectivity index (χ3v) is 3.61. The molecule has 0 aromatic carbocycles. The van der Waals surface area contributed by atoms with Crippen molar-refractivity contribution in [3.8, 4) is 0 Å². The molecule has 0 spiro atoms. The summed E-state index contributed by atoms with van der Waals surface area (Å²) in [4.78, 5) is 23.5. The number of nitrogens with one attached hydrogen (secondary N) is 3. The summed E-state index contributed by atoms with van der Waals surface area (Å²) >= 11 is 0. The van der Waals surface area contributed by atoms with Crippen LogP contribution < -0.4 is 16.0 Å². The van der Waals surface area contributed by atoms with E-state index in [0.29, 0.717) is 13.2 Å². The standard InChI is InChI=1S/C13H23N3O3/c17-12(16-10-4-2-1-3-5-10)9-15-13(18)11-8-14-6-7-19-11/h10-11,14H,1-9H2,(H,15,18)(H,16,17). The molecule has 3 N–H and O–H groups in total. The van der Waals surface area contributed by atoms with Gasteiger partial charge in [0.2, 0.25) is 5.91 Å². The fourth-order valence-electron chi connectivity index (χ4n) is 2.54. The molecule has 2 fully saturated rings. The average Bonchev–Trinajstić information content (AvgIpc) is 2.47. The highest BCUT2D eigenvalue weighted by Crippen LogP contribution is 2.17. The fourth-order valence-corrected chi connectivity index (χ4v) is 2.54. The first-order chi connectivity index (χ1) is 9.25. The van der Waals surface area contributed by atoms with Crippen LogP contribution in [0.2, 0.25) is 0 Å². The van der Waals surface area contributed by atoms with Gasteiger partial charge in [-0.25, -0.2) is 0 Å². The Labute approximate surface area is 113 Å². The maximum Gasteiger partial charge on any atom is 0.250 e. The smallest absolute Gasteiger partial charge is 0.250 e. The van der Waals surface area contributed by atoms with E-state index in [1.807, 2.05) is 0 Å². The predicted octanol–water partition coefficient (Wildman–Crippen LogP) is -0.460. The summed E-state index contributed by atoms with van der Waals surface area (Å²) in [6, 6.07) is 0.283. The van der Waals surface area contributed by atoms with Crippen molar-refractivity contribution in [2.45, 2.75) is 44.2 Å². The molecule has 1 saturated carbocycles. The Morgan fingerprint density at radius 3 is 2.68 bits per heavy atom. The van der Waals surface area contributed by atoms with E-state index in [4.69, 9.17) is 4.74 Å². The van der Waals surface area contributed by atoms with Crippen LogP contribution in [0.3, 0.4) is 0 Å². The molecule has 1 heterocycles. The molecule has 2 aliphatic rings. The second-order valence-electron chi connectivity index (χ2n) is 5.18. The molecule has 2 rings (SSSR count). The van der Waals surface area contributed by atoms with E-state index in [0.717, 1.165) is 19.4 Å². The lowest BCUT2D eigenvalue weighted by atomic mass is 9.95. The van der Waals surface area contributed by atoms with Crippen molar-refractivity contribution in [3.05, 3.63) is 0 Å². The summed E-state index contributed by atoms with van der Waals surface area (Å²) < 4.78 is 5.32. The minimum atomic E-state index is -0.476. The lowest BCUT2D eigenvalue weighted by Gasteiger charge is -2.24. The van der Waals surface area contributed by atoms with Gasteiger partial charge in [-0.05, 0) is 12.8 Å². The van der Waals surface area contributed by atoms with E-state index in [1.165, 1.54) is 19.3 Å². The van der Waals surface area contributed by atoms with Gasteiger partial charge in [-0.15, -0.1) is 0 Å². The number of carbonyl (C=O) groups is 2. The van der Waals surface area contributed by atoms with Crippen molar-refractivity contribution in [2.24, 2.45) is 0 Å². The van der Waals surface area contributed by atoms with E-state index in [2.05, 4.69) is 16.0 Å². The maximum absolute atomic E-state index is 11.7. The van der Waals surface area contributed by atoms with Gasteiger partial charge < -0.3 is 20.7 Å². The van der Waals surface area contributed by atoms with Gasteiger partial charge in [-0.3, -0.25) is 9.59 Å². The van der Waals surface area contributed by atoms with Crippen molar-refractivity contribution < 1.29 is 14.3 Å². The highest BCUT2D eigenvalue weighted by molar-refractivity contribution is 5.87. The highest BCUT2D eigenvalue weighted by atomic mass is 16.5. The Morgan fingerprint density at radius 2 is 2.00 bits per heavy atom. The van der Waals surface area contributed by atoms with Crippen molar-refractivity contribution in [1.82, 2.24) is 16.0 Å². The first-order valence-corrected chi connectivity index (χ1v) is 7.15. The first-order valence-electron chi connectivity index (χ1n) is 7.15. The Bertz CT molecular complexity index is 310. The SMILES string of the molecule is O=C(CNC(=O)C1CNCCO1)NC1CCCCC1. The van der Waals surface area contributed by atoms with Gasteiger partial charge in [0, 0.05) is 19.1 Å². The zero-order valence-corrected chi connectivity index (χ0v) is 11.2. The molecule has 6 heteroatoms.